The van der Waals surface area contributed by atoms with Gasteiger partial charge in [-0.3, -0.25) is 9.88 Å². The van der Waals surface area contributed by atoms with Gasteiger partial charge in [0, 0.05) is 38.1 Å². The summed E-state index contributed by atoms with van der Waals surface area (Å²) in [7, 11) is -3.56. The van der Waals surface area contributed by atoms with Gasteiger partial charge in [0.05, 0.1) is 13.2 Å². The topological polar surface area (TPSA) is 71.5 Å². The first-order valence-electron chi connectivity index (χ1n) is 11.6. The Kier molecular flexibility index (Phi) is 6.42. The highest BCUT2D eigenvalue weighted by molar-refractivity contribution is 7.89. The van der Waals surface area contributed by atoms with Gasteiger partial charge in [0.15, 0.2) is 0 Å². The zero-order valence-corrected chi connectivity index (χ0v) is 19.1. The van der Waals surface area contributed by atoms with Crippen molar-refractivity contribution >= 4 is 16.1 Å². The monoisotopic (exact) mass is 453 g/mol. The molecule has 7 heteroatoms. The van der Waals surface area contributed by atoms with Crippen LogP contribution < -0.4 is 4.72 Å². The smallest absolute Gasteiger partial charge is 0.242 e. The van der Waals surface area contributed by atoms with E-state index in [1.807, 2.05) is 0 Å². The van der Waals surface area contributed by atoms with Crippen LogP contribution in [0.25, 0.3) is 6.08 Å². The molecule has 3 unspecified atom stereocenters. The van der Waals surface area contributed by atoms with Crippen molar-refractivity contribution in [1.82, 2.24) is 14.6 Å². The standard InChI is InChI=1S/C25H31N3O3S/c29-32(30,24-4-1-9-26-18-24)27-25-21-7-8-22(25)17-23-15-19(5-6-20(23)16-21)3-2-10-28-11-13-31-14-12-28/h1-6,9,15,18,21-22,25,27H,7-8,10-14,16-17H2. The molecule has 2 aromatic rings. The first-order chi connectivity index (χ1) is 15.6. The molecular weight excluding hydrogens is 422 g/mol. The van der Waals surface area contributed by atoms with Crippen LogP contribution in [0.4, 0.5) is 0 Å². The fourth-order valence-corrected chi connectivity index (χ4v) is 6.74. The molecule has 6 nitrogen and oxygen atoms in total. The number of nitrogens with zero attached hydrogens (tertiary/aromatic N) is 2. The molecular formula is C25H31N3O3S. The van der Waals surface area contributed by atoms with Crippen LogP contribution >= 0.6 is 0 Å². The second-order valence-electron chi connectivity index (χ2n) is 9.19. The summed E-state index contributed by atoms with van der Waals surface area (Å²) in [6, 6.07) is 10.0. The SMILES string of the molecule is O=S(=O)(NC1C2CCC1Cc1cc(C=CCN3CCOCC3)ccc1C2)c1cccnc1. The van der Waals surface area contributed by atoms with Crippen LogP contribution in [-0.4, -0.2) is 57.2 Å². The van der Waals surface area contributed by atoms with Crippen molar-refractivity contribution in [2.75, 3.05) is 32.8 Å². The van der Waals surface area contributed by atoms with E-state index in [0.29, 0.717) is 11.8 Å². The minimum absolute atomic E-state index is 0.0204. The van der Waals surface area contributed by atoms with E-state index >= 15 is 0 Å². The van der Waals surface area contributed by atoms with Gasteiger partial charge >= 0.3 is 0 Å². The summed E-state index contributed by atoms with van der Waals surface area (Å²) in [6.45, 7) is 4.58. The molecule has 1 saturated carbocycles. The predicted molar refractivity (Wildman–Crippen MR) is 125 cm³/mol. The molecule has 32 heavy (non-hydrogen) atoms. The highest BCUT2D eigenvalue weighted by Crippen LogP contribution is 2.41. The van der Waals surface area contributed by atoms with E-state index in [1.54, 1.807) is 18.3 Å². The van der Waals surface area contributed by atoms with Gasteiger partial charge in [-0.15, -0.1) is 0 Å². The van der Waals surface area contributed by atoms with Crippen LogP contribution in [0.2, 0.25) is 0 Å². The minimum Gasteiger partial charge on any atom is -0.379 e. The fourth-order valence-electron chi connectivity index (χ4n) is 5.40. The molecule has 170 valence electrons. The average molecular weight is 454 g/mol. The summed E-state index contributed by atoms with van der Waals surface area (Å²) < 4.78 is 34.3. The lowest BCUT2D eigenvalue weighted by molar-refractivity contribution is 0.0435. The maximum atomic E-state index is 12.9. The second kappa shape index (κ2) is 9.43. The molecule has 1 aromatic carbocycles. The zero-order chi connectivity index (χ0) is 22.0. The van der Waals surface area contributed by atoms with Gasteiger partial charge in [-0.2, -0.15) is 0 Å². The molecule has 1 aliphatic heterocycles. The largest absolute Gasteiger partial charge is 0.379 e. The molecule has 1 aromatic heterocycles. The summed E-state index contributed by atoms with van der Waals surface area (Å²) in [5, 5.41) is 0. The van der Waals surface area contributed by atoms with Crippen LogP contribution in [0.5, 0.6) is 0 Å². The number of aromatic nitrogens is 1. The van der Waals surface area contributed by atoms with Crippen molar-refractivity contribution in [1.29, 1.82) is 0 Å². The van der Waals surface area contributed by atoms with Crippen LogP contribution in [-0.2, 0) is 27.6 Å². The lowest BCUT2D eigenvalue weighted by Crippen LogP contribution is -2.41. The van der Waals surface area contributed by atoms with Crippen LogP contribution in [0.1, 0.15) is 29.5 Å². The van der Waals surface area contributed by atoms with Crippen molar-refractivity contribution in [2.24, 2.45) is 11.8 Å². The Morgan fingerprint density at radius 3 is 2.62 bits per heavy atom. The highest BCUT2D eigenvalue weighted by atomic mass is 32.2. The zero-order valence-electron chi connectivity index (χ0n) is 18.3. The first kappa shape index (κ1) is 21.8. The van der Waals surface area contributed by atoms with Crippen molar-refractivity contribution in [3.8, 4) is 0 Å². The molecule has 2 heterocycles. The highest BCUT2D eigenvalue weighted by Gasteiger charge is 2.41. The number of pyridine rings is 1. The molecule has 0 amide bonds. The van der Waals surface area contributed by atoms with Gasteiger partial charge in [-0.1, -0.05) is 30.4 Å². The fraction of sp³-hybridized carbons (Fsp3) is 0.480. The van der Waals surface area contributed by atoms with E-state index in [1.165, 1.54) is 22.9 Å². The van der Waals surface area contributed by atoms with Crippen LogP contribution in [0, 0.1) is 11.8 Å². The molecule has 3 aliphatic rings. The van der Waals surface area contributed by atoms with E-state index in [2.05, 4.69) is 45.0 Å². The van der Waals surface area contributed by atoms with Gasteiger partial charge in [0.1, 0.15) is 4.90 Å². The van der Waals surface area contributed by atoms with E-state index in [9.17, 15) is 8.42 Å². The summed E-state index contributed by atoms with van der Waals surface area (Å²) in [4.78, 5) is 6.63. The minimum atomic E-state index is -3.56. The molecule has 0 radical (unpaired) electrons. The Balaban J connectivity index is 1.29. The third kappa shape index (κ3) is 4.81. The molecule has 2 fully saturated rings. The summed E-state index contributed by atoms with van der Waals surface area (Å²) in [5.41, 5.74) is 3.96. The summed E-state index contributed by atoms with van der Waals surface area (Å²) >= 11 is 0. The van der Waals surface area contributed by atoms with E-state index in [4.69, 9.17) is 4.74 Å². The van der Waals surface area contributed by atoms with Crippen LogP contribution in [0.3, 0.4) is 0 Å². The number of benzene rings is 1. The Morgan fingerprint density at radius 2 is 1.88 bits per heavy atom. The number of hydrogen-bond acceptors (Lipinski definition) is 5. The third-order valence-electron chi connectivity index (χ3n) is 7.13. The second-order valence-corrected chi connectivity index (χ2v) is 10.9. The quantitative estimate of drug-likeness (QED) is 0.728. The number of morpholine rings is 1. The van der Waals surface area contributed by atoms with Crippen molar-refractivity contribution in [3.63, 3.8) is 0 Å². The average Bonchev–Trinajstić information content (AvgIpc) is 3.08. The number of nitrogens with one attached hydrogen (secondary N) is 1. The van der Waals surface area contributed by atoms with Crippen molar-refractivity contribution < 1.29 is 13.2 Å². The number of fused-ring (bicyclic) bond motifs is 3. The predicted octanol–water partition coefficient (Wildman–Crippen LogP) is 2.90. The van der Waals surface area contributed by atoms with Gasteiger partial charge < -0.3 is 4.74 Å². The molecule has 2 bridgehead atoms. The molecule has 1 saturated heterocycles. The third-order valence-corrected chi connectivity index (χ3v) is 8.58. The van der Waals surface area contributed by atoms with Gasteiger partial charge in [0.25, 0.3) is 0 Å². The maximum absolute atomic E-state index is 12.9. The Bertz CT molecular complexity index is 1070. The van der Waals surface area contributed by atoms with Crippen molar-refractivity contribution in [2.45, 2.75) is 36.6 Å². The number of rotatable bonds is 6. The van der Waals surface area contributed by atoms with Gasteiger partial charge in [-0.25, -0.2) is 13.1 Å². The number of ether oxygens (including phenoxy) is 1. The van der Waals surface area contributed by atoms with E-state index in [0.717, 1.165) is 58.5 Å². The normalized spacial score (nSPS) is 26.2. The van der Waals surface area contributed by atoms with Gasteiger partial charge in [0.2, 0.25) is 10.0 Å². The van der Waals surface area contributed by atoms with E-state index < -0.39 is 10.0 Å². The summed E-state index contributed by atoms with van der Waals surface area (Å²) in [6.07, 6.45) is 11.5. The van der Waals surface area contributed by atoms with Gasteiger partial charge in [-0.05, 0) is 66.3 Å². The van der Waals surface area contributed by atoms with E-state index in [-0.39, 0.29) is 10.9 Å². The lowest BCUT2D eigenvalue weighted by atomic mass is 9.92. The molecule has 5 rings (SSSR count). The number of hydrogen-bond donors (Lipinski definition) is 1. The molecule has 3 atom stereocenters. The molecule has 0 spiro atoms. The Hall–Kier alpha value is -2.06. The summed E-state index contributed by atoms with van der Waals surface area (Å²) in [5.74, 6) is 0.677. The molecule has 1 N–H and O–H groups in total. The number of sulfonamides is 1. The first-order valence-corrected chi connectivity index (χ1v) is 13.1. The van der Waals surface area contributed by atoms with Crippen molar-refractivity contribution in [3.05, 3.63) is 65.5 Å². The van der Waals surface area contributed by atoms with Crippen LogP contribution in [0.15, 0.2) is 53.7 Å². The maximum Gasteiger partial charge on any atom is 0.242 e. The molecule has 2 aliphatic carbocycles. The Labute approximate surface area is 190 Å². The lowest BCUT2D eigenvalue weighted by Gasteiger charge is -2.25. The Morgan fingerprint density at radius 1 is 1.09 bits per heavy atom.